The van der Waals surface area contributed by atoms with Crippen molar-refractivity contribution < 1.29 is 9.21 Å². The quantitative estimate of drug-likeness (QED) is 0.677. The van der Waals surface area contributed by atoms with Crippen molar-refractivity contribution in [2.24, 2.45) is 0 Å². The van der Waals surface area contributed by atoms with Gasteiger partial charge < -0.3 is 14.3 Å². The van der Waals surface area contributed by atoms with Crippen molar-refractivity contribution in [1.29, 1.82) is 0 Å². The van der Waals surface area contributed by atoms with Crippen molar-refractivity contribution in [1.82, 2.24) is 19.7 Å². The van der Waals surface area contributed by atoms with Crippen LogP contribution < -0.4 is 5.32 Å². The first kappa shape index (κ1) is 16.5. The predicted molar refractivity (Wildman–Crippen MR) is 91.0 cm³/mol. The first-order valence-corrected chi connectivity index (χ1v) is 8.37. The minimum Gasteiger partial charge on any atom is -0.467 e. The molecule has 1 N–H and O–H groups in total. The Morgan fingerprint density at radius 2 is 2.33 bits per heavy atom. The van der Waals surface area contributed by atoms with E-state index in [4.69, 9.17) is 16.0 Å². The number of nitrogens with one attached hydrogen (secondary N) is 1. The molecule has 1 atom stereocenters. The van der Waals surface area contributed by atoms with E-state index in [1.165, 1.54) is 18.0 Å². The number of hydrogen-bond donors (Lipinski definition) is 1. The molecule has 0 aromatic carbocycles. The molecule has 24 heavy (non-hydrogen) atoms. The highest BCUT2D eigenvalue weighted by atomic mass is 35.5. The normalized spacial score (nSPS) is 12.1. The van der Waals surface area contributed by atoms with E-state index < -0.39 is 0 Å². The van der Waals surface area contributed by atoms with Crippen LogP contribution in [0, 0.1) is 0 Å². The van der Waals surface area contributed by atoms with Crippen LogP contribution in [-0.2, 0) is 11.3 Å². The largest absolute Gasteiger partial charge is 0.467 e. The fraction of sp³-hybridized carbons (Fsp3) is 0.200. The fourth-order valence-corrected chi connectivity index (χ4v) is 2.84. The molecule has 0 spiro atoms. The number of thioether (sulfide) groups is 1. The maximum absolute atomic E-state index is 12.3. The molecule has 0 aliphatic rings. The molecule has 1 unspecified atom stereocenters. The Hall–Kier alpha value is -2.32. The zero-order chi connectivity index (χ0) is 16.9. The Balaban J connectivity index is 1.62. The molecule has 7 nitrogen and oxygen atoms in total. The van der Waals surface area contributed by atoms with Gasteiger partial charge in [0.1, 0.15) is 17.9 Å². The number of furan rings is 1. The topological polar surface area (TPSA) is 85.8 Å². The number of anilines is 1. The zero-order valence-corrected chi connectivity index (χ0v) is 14.3. The molecule has 1 amide bonds. The van der Waals surface area contributed by atoms with E-state index in [0.29, 0.717) is 22.5 Å². The van der Waals surface area contributed by atoms with Crippen LogP contribution >= 0.6 is 23.4 Å². The summed E-state index contributed by atoms with van der Waals surface area (Å²) < 4.78 is 7.15. The molecule has 3 aromatic heterocycles. The second-order valence-corrected chi connectivity index (χ2v) is 6.68. The summed E-state index contributed by atoms with van der Waals surface area (Å²) in [7, 11) is 0. The third-order valence-electron chi connectivity index (χ3n) is 3.12. The van der Waals surface area contributed by atoms with Crippen LogP contribution in [0.25, 0.3) is 0 Å². The molecule has 0 radical (unpaired) electrons. The lowest BCUT2D eigenvalue weighted by Crippen LogP contribution is -2.23. The Morgan fingerprint density at radius 3 is 3.04 bits per heavy atom. The molecule has 0 bridgehead atoms. The van der Waals surface area contributed by atoms with Crippen LogP contribution in [0.5, 0.6) is 0 Å². The van der Waals surface area contributed by atoms with Crippen LogP contribution in [0.15, 0.2) is 52.6 Å². The van der Waals surface area contributed by atoms with Gasteiger partial charge in [0.15, 0.2) is 5.16 Å². The van der Waals surface area contributed by atoms with E-state index in [-0.39, 0.29) is 11.2 Å². The average molecular weight is 364 g/mol. The summed E-state index contributed by atoms with van der Waals surface area (Å²) >= 11 is 7.09. The third-order valence-corrected chi connectivity index (χ3v) is 4.43. The summed E-state index contributed by atoms with van der Waals surface area (Å²) in [6.45, 7) is 2.30. The molecule has 3 rings (SSSR count). The molecule has 0 saturated carbocycles. The van der Waals surface area contributed by atoms with E-state index in [1.54, 1.807) is 31.6 Å². The lowest BCUT2D eigenvalue weighted by molar-refractivity contribution is -0.115. The lowest BCUT2D eigenvalue weighted by atomic mass is 10.4. The highest BCUT2D eigenvalue weighted by Crippen LogP contribution is 2.23. The number of nitrogens with zero attached hydrogens (tertiary/aromatic N) is 4. The molecule has 3 heterocycles. The number of aromatic nitrogens is 4. The first-order chi connectivity index (χ1) is 11.6. The second kappa shape index (κ2) is 7.50. The van der Waals surface area contributed by atoms with E-state index in [9.17, 15) is 4.79 Å². The van der Waals surface area contributed by atoms with Crippen molar-refractivity contribution >= 4 is 35.1 Å². The summed E-state index contributed by atoms with van der Waals surface area (Å²) in [5.41, 5.74) is 0. The smallest absolute Gasteiger partial charge is 0.238 e. The standard InChI is InChI=1S/C15H14ClN5O2S/c1-10(14(22)19-13-5-4-11(16)7-17-13)24-15-20-18-9-21(15)8-12-3-2-6-23-12/h2-7,9-10H,8H2,1H3,(H,17,19,22). The van der Waals surface area contributed by atoms with Crippen LogP contribution in [0.2, 0.25) is 5.02 Å². The van der Waals surface area contributed by atoms with E-state index in [2.05, 4.69) is 20.5 Å². The van der Waals surface area contributed by atoms with Gasteiger partial charge in [-0.2, -0.15) is 0 Å². The Bertz CT molecular complexity index is 804. The number of carbonyl (C=O) groups excluding carboxylic acids is 1. The van der Waals surface area contributed by atoms with Crippen molar-refractivity contribution in [2.75, 3.05) is 5.32 Å². The van der Waals surface area contributed by atoms with Gasteiger partial charge in [0.05, 0.1) is 23.1 Å². The van der Waals surface area contributed by atoms with Gasteiger partial charge in [0.2, 0.25) is 5.91 Å². The zero-order valence-electron chi connectivity index (χ0n) is 12.7. The van der Waals surface area contributed by atoms with Crippen molar-refractivity contribution in [3.05, 3.63) is 53.8 Å². The number of hydrogen-bond acceptors (Lipinski definition) is 6. The third kappa shape index (κ3) is 4.15. The Labute approximate surface area is 147 Å². The first-order valence-electron chi connectivity index (χ1n) is 7.11. The summed E-state index contributed by atoms with van der Waals surface area (Å²) in [6, 6.07) is 7.01. The van der Waals surface area contributed by atoms with Gasteiger partial charge in [-0.25, -0.2) is 4.98 Å². The monoisotopic (exact) mass is 363 g/mol. The highest BCUT2D eigenvalue weighted by Gasteiger charge is 2.18. The molecule has 3 aromatic rings. The maximum atomic E-state index is 12.3. The molecule has 0 fully saturated rings. The summed E-state index contributed by atoms with van der Waals surface area (Å²) in [5.74, 6) is 1.07. The van der Waals surface area contributed by atoms with Crippen LogP contribution in [0.1, 0.15) is 12.7 Å². The highest BCUT2D eigenvalue weighted by molar-refractivity contribution is 8.00. The van der Waals surface area contributed by atoms with Gasteiger partial charge in [0, 0.05) is 6.20 Å². The van der Waals surface area contributed by atoms with Crippen LogP contribution in [0.3, 0.4) is 0 Å². The lowest BCUT2D eigenvalue weighted by Gasteiger charge is -2.11. The SMILES string of the molecule is CC(Sc1nncn1Cc1ccco1)C(=O)Nc1ccc(Cl)cn1. The van der Waals surface area contributed by atoms with Gasteiger partial charge in [-0.05, 0) is 31.2 Å². The van der Waals surface area contributed by atoms with Gasteiger partial charge in [-0.3, -0.25) is 4.79 Å². The van der Waals surface area contributed by atoms with Gasteiger partial charge in [0.25, 0.3) is 0 Å². The van der Waals surface area contributed by atoms with Gasteiger partial charge in [-0.1, -0.05) is 23.4 Å². The van der Waals surface area contributed by atoms with Gasteiger partial charge >= 0.3 is 0 Å². The summed E-state index contributed by atoms with van der Waals surface area (Å²) in [5, 5.41) is 11.5. The summed E-state index contributed by atoms with van der Waals surface area (Å²) in [6.07, 6.45) is 4.70. The second-order valence-electron chi connectivity index (χ2n) is 4.93. The van der Waals surface area contributed by atoms with Crippen molar-refractivity contribution in [3.63, 3.8) is 0 Å². The molecule has 0 aliphatic carbocycles. The van der Waals surface area contributed by atoms with Crippen LogP contribution in [-0.4, -0.2) is 30.9 Å². The Kier molecular flexibility index (Phi) is 5.17. The van der Waals surface area contributed by atoms with Crippen molar-refractivity contribution in [2.45, 2.75) is 23.9 Å². The number of rotatable bonds is 6. The summed E-state index contributed by atoms with van der Waals surface area (Å²) in [4.78, 5) is 16.3. The predicted octanol–water partition coefficient (Wildman–Crippen LogP) is 3.09. The number of carbonyl (C=O) groups is 1. The minimum absolute atomic E-state index is 0.178. The molecular weight excluding hydrogens is 350 g/mol. The van der Waals surface area contributed by atoms with E-state index in [1.807, 2.05) is 16.7 Å². The minimum atomic E-state index is -0.373. The molecular formula is C15H14ClN5O2S. The van der Waals surface area contributed by atoms with Gasteiger partial charge in [-0.15, -0.1) is 10.2 Å². The number of pyridine rings is 1. The van der Waals surface area contributed by atoms with E-state index >= 15 is 0 Å². The fourth-order valence-electron chi connectivity index (χ4n) is 1.90. The van der Waals surface area contributed by atoms with E-state index in [0.717, 1.165) is 5.76 Å². The molecule has 0 saturated heterocycles. The maximum Gasteiger partial charge on any atom is 0.238 e. The molecule has 9 heteroatoms. The molecule has 0 aliphatic heterocycles. The number of halogens is 1. The average Bonchev–Trinajstić information content (AvgIpc) is 3.22. The Morgan fingerprint density at radius 1 is 1.46 bits per heavy atom. The van der Waals surface area contributed by atoms with Crippen LogP contribution in [0.4, 0.5) is 5.82 Å². The van der Waals surface area contributed by atoms with Crippen molar-refractivity contribution in [3.8, 4) is 0 Å². The number of amides is 1. The molecule has 124 valence electrons.